The smallest absolute Gasteiger partial charge is 0.186 e. The zero-order chi connectivity index (χ0) is 32.5. The van der Waals surface area contributed by atoms with Gasteiger partial charge in [-0.25, -0.2) is 4.39 Å². The number of ketones is 1. The first-order valence-electron chi connectivity index (χ1n) is 15.7. The third-order valence-electron chi connectivity index (χ3n) is 8.17. The van der Waals surface area contributed by atoms with Crippen molar-refractivity contribution in [1.29, 1.82) is 0 Å². The van der Waals surface area contributed by atoms with E-state index in [9.17, 15) is 18.8 Å². The molecule has 2 aromatic carbocycles. The summed E-state index contributed by atoms with van der Waals surface area (Å²) in [6, 6.07) is 18.0. The van der Waals surface area contributed by atoms with Gasteiger partial charge in [0, 0.05) is 61.5 Å². The summed E-state index contributed by atoms with van der Waals surface area (Å²) in [7, 11) is 0. The Morgan fingerprint density at radius 1 is 0.915 bits per heavy atom. The van der Waals surface area contributed by atoms with E-state index in [1.165, 1.54) is 40.7 Å². The van der Waals surface area contributed by atoms with Crippen LogP contribution >= 0.6 is 35.9 Å². The van der Waals surface area contributed by atoms with Gasteiger partial charge in [-0.2, -0.15) is 0 Å². The lowest BCUT2D eigenvalue weighted by molar-refractivity contribution is -0.126. The molecule has 3 fully saturated rings. The van der Waals surface area contributed by atoms with Gasteiger partial charge >= 0.3 is 0 Å². The molecule has 1 saturated carbocycles. The molecule has 1 aliphatic carbocycles. The number of benzene rings is 2. The van der Waals surface area contributed by atoms with Crippen molar-refractivity contribution in [2.24, 2.45) is 5.92 Å². The molecule has 1 N–H and O–H groups in total. The van der Waals surface area contributed by atoms with Crippen LogP contribution < -0.4 is 5.32 Å². The molecule has 1 aromatic heterocycles. The van der Waals surface area contributed by atoms with Gasteiger partial charge in [-0.3, -0.25) is 19.3 Å². The van der Waals surface area contributed by atoms with E-state index in [-0.39, 0.29) is 45.4 Å². The molecule has 2 saturated heterocycles. The average molecular weight is 698 g/mol. The van der Waals surface area contributed by atoms with E-state index in [0.29, 0.717) is 36.1 Å². The van der Waals surface area contributed by atoms with Crippen LogP contribution in [-0.4, -0.2) is 62.7 Å². The van der Waals surface area contributed by atoms with Crippen LogP contribution in [0.4, 0.5) is 4.39 Å². The minimum absolute atomic E-state index is 0. The molecule has 0 amide bonds. The second kappa shape index (κ2) is 17.9. The fourth-order valence-corrected chi connectivity index (χ4v) is 7.74. The number of likely N-dealkylation sites (tertiary alicyclic amines) is 1. The monoisotopic (exact) mass is 697 g/mol. The summed E-state index contributed by atoms with van der Waals surface area (Å²) in [6.07, 6.45) is 9.14. The highest BCUT2D eigenvalue weighted by atomic mass is 35.5. The van der Waals surface area contributed by atoms with Crippen LogP contribution in [0.2, 0.25) is 0 Å². The zero-order valence-corrected chi connectivity index (χ0v) is 29.1. The summed E-state index contributed by atoms with van der Waals surface area (Å²) >= 11 is 2.75. The number of piperidine rings is 2. The molecular formula is C36H41ClFN3O4S2. The van der Waals surface area contributed by atoms with Crippen molar-refractivity contribution in [3.8, 4) is 0 Å². The Hall–Kier alpha value is -3.02. The topological polar surface area (TPSA) is 92.5 Å². The summed E-state index contributed by atoms with van der Waals surface area (Å²) in [4.78, 5) is 38.1. The lowest BCUT2D eigenvalue weighted by atomic mass is 9.93. The Labute approximate surface area is 290 Å². The van der Waals surface area contributed by atoms with Gasteiger partial charge in [0.25, 0.3) is 0 Å². The van der Waals surface area contributed by atoms with E-state index in [0.717, 1.165) is 37.9 Å². The third kappa shape index (κ3) is 10.7. The molecule has 11 heteroatoms. The lowest BCUT2D eigenvalue weighted by Crippen LogP contribution is -2.43. The molecule has 0 radical (unpaired) electrons. The number of halogens is 2. The van der Waals surface area contributed by atoms with Crippen LogP contribution in [0.5, 0.6) is 0 Å². The first-order valence-corrected chi connectivity index (χ1v) is 17.5. The Kier molecular flexibility index (Phi) is 14.0. The summed E-state index contributed by atoms with van der Waals surface area (Å²) in [5.74, 6) is 0.358. The standard InChI is InChI=1S/C22H23FN2O3S.C14H17NOS.ClH/c1-14(26)29-20-9-11-25(13-16(20)12-17-8-10-24-28-17)21(22(27)15-6-7-15)18-4-2-3-5-19(18)23;1-11(16)17-14-7-8-15-10-13(14)9-12-5-3-2-4-6-12;/h2-5,8,10,12,15,20-21H,6-7,9,11,13H2,1H3;2-6,9,14-15H,7-8,10H2,1H3;1H/b16-12+;13-9+;. The van der Waals surface area contributed by atoms with E-state index in [1.807, 2.05) is 29.2 Å². The first kappa shape index (κ1) is 36.8. The molecule has 3 atom stereocenters. The Morgan fingerprint density at radius 2 is 1.60 bits per heavy atom. The molecule has 3 unspecified atom stereocenters. The fourth-order valence-electron chi connectivity index (χ4n) is 5.89. The molecule has 2 aliphatic heterocycles. The molecule has 3 aromatic rings. The molecule has 0 spiro atoms. The van der Waals surface area contributed by atoms with Crippen LogP contribution in [-0.2, 0) is 14.4 Å². The maximum atomic E-state index is 14.6. The third-order valence-corrected chi connectivity index (χ3v) is 10.5. The van der Waals surface area contributed by atoms with Gasteiger partial charge in [0.2, 0.25) is 0 Å². The van der Waals surface area contributed by atoms with Gasteiger partial charge in [-0.1, -0.05) is 83.3 Å². The number of thioether (sulfide) groups is 2. The van der Waals surface area contributed by atoms with Crippen LogP contribution in [0.1, 0.15) is 62.5 Å². The Balaban J connectivity index is 0.000000238. The predicted octanol–water partition coefficient (Wildman–Crippen LogP) is 7.40. The van der Waals surface area contributed by atoms with Crippen LogP contribution in [0.25, 0.3) is 12.2 Å². The second-order valence-corrected chi connectivity index (χ2v) is 14.5. The van der Waals surface area contributed by atoms with E-state index in [1.54, 1.807) is 44.3 Å². The summed E-state index contributed by atoms with van der Waals surface area (Å²) in [5, 5.41) is 7.70. The number of carbonyl (C=O) groups is 3. The van der Waals surface area contributed by atoms with Crippen molar-refractivity contribution in [2.75, 3.05) is 26.2 Å². The first-order chi connectivity index (χ1) is 22.3. The predicted molar refractivity (Wildman–Crippen MR) is 191 cm³/mol. The van der Waals surface area contributed by atoms with Crippen molar-refractivity contribution in [1.82, 2.24) is 15.4 Å². The highest BCUT2D eigenvalue weighted by Gasteiger charge is 2.41. The number of rotatable bonds is 8. The maximum absolute atomic E-state index is 14.6. The summed E-state index contributed by atoms with van der Waals surface area (Å²) in [6.45, 7) is 6.19. The molecule has 250 valence electrons. The van der Waals surface area contributed by atoms with Crippen molar-refractivity contribution < 1.29 is 23.3 Å². The fraction of sp³-hybridized carbons (Fsp3) is 0.389. The van der Waals surface area contributed by atoms with Crippen LogP contribution in [0.3, 0.4) is 0 Å². The van der Waals surface area contributed by atoms with E-state index >= 15 is 0 Å². The minimum atomic E-state index is -0.606. The number of nitrogens with zero attached hydrogens (tertiary/aromatic N) is 2. The van der Waals surface area contributed by atoms with Crippen LogP contribution in [0.15, 0.2) is 82.5 Å². The molecule has 47 heavy (non-hydrogen) atoms. The SMILES string of the molecule is CC(=O)SC1CCN(C(C(=O)C2CC2)c2ccccc2F)C/C1=C\c1ccno1.CC(=O)SC1CCNC/C1=C\c1ccccc1.Cl. The van der Waals surface area contributed by atoms with Gasteiger partial charge in [0.1, 0.15) is 5.82 Å². The quantitative estimate of drug-likeness (QED) is 0.258. The lowest BCUT2D eigenvalue weighted by Gasteiger charge is -2.38. The number of Topliss-reactive ketones (excluding diaryl/α,β-unsaturated/α-hetero) is 1. The number of carbonyl (C=O) groups excluding carboxylic acids is 3. The molecular weight excluding hydrogens is 657 g/mol. The van der Waals surface area contributed by atoms with Crippen molar-refractivity contribution in [2.45, 2.75) is 56.1 Å². The van der Waals surface area contributed by atoms with Gasteiger partial charge < -0.3 is 9.84 Å². The van der Waals surface area contributed by atoms with E-state index in [2.05, 4.69) is 28.7 Å². The Bertz CT molecular complexity index is 1560. The highest BCUT2D eigenvalue weighted by Crippen LogP contribution is 2.40. The normalized spacial score (nSPS) is 22.1. The van der Waals surface area contributed by atoms with E-state index in [4.69, 9.17) is 4.52 Å². The zero-order valence-electron chi connectivity index (χ0n) is 26.6. The number of hydrogen-bond acceptors (Lipinski definition) is 9. The maximum Gasteiger partial charge on any atom is 0.186 e. The number of hydrogen-bond donors (Lipinski definition) is 1. The van der Waals surface area contributed by atoms with Crippen molar-refractivity contribution in [3.63, 3.8) is 0 Å². The van der Waals surface area contributed by atoms with Gasteiger partial charge in [-0.15, -0.1) is 12.4 Å². The molecule has 3 heterocycles. The highest BCUT2D eigenvalue weighted by molar-refractivity contribution is 8.14. The number of aromatic nitrogens is 1. The molecule has 3 aliphatic rings. The second-order valence-electron chi connectivity index (χ2n) is 11.8. The number of nitrogens with one attached hydrogen (secondary N) is 1. The molecule has 7 nitrogen and oxygen atoms in total. The minimum Gasteiger partial charge on any atom is -0.357 e. The largest absolute Gasteiger partial charge is 0.357 e. The molecule has 6 rings (SSSR count). The Morgan fingerprint density at radius 3 is 2.23 bits per heavy atom. The van der Waals surface area contributed by atoms with Gasteiger partial charge in [-0.05, 0) is 61.1 Å². The molecule has 0 bridgehead atoms. The summed E-state index contributed by atoms with van der Waals surface area (Å²) in [5.41, 5.74) is 3.95. The van der Waals surface area contributed by atoms with Crippen molar-refractivity contribution >= 4 is 64.1 Å². The van der Waals surface area contributed by atoms with E-state index < -0.39 is 6.04 Å². The summed E-state index contributed by atoms with van der Waals surface area (Å²) < 4.78 is 19.8. The van der Waals surface area contributed by atoms with Crippen molar-refractivity contribution in [3.05, 3.63) is 101 Å². The van der Waals surface area contributed by atoms with Gasteiger partial charge in [0.15, 0.2) is 21.8 Å². The average Bonchev–Trinajstić information content (AvgIpc) is 3.77. The van der Waals surface area contributed by atoms with Crippen LogP contribution in [0, 0.1) is 11.7 Å². The van der Waals surface area contributed by atoms with Gasteiger partial charge in [0.05, 0.1) is 12.2 Å².